The quantitative estimate of drug-likeness (QED) is 0.562. The van der Waals surface area contributed by atoms with Crippen molar-refractivity contribution in [2.24, 2.45) is 4.99 Å². The van der Waals surface area contributed by atoms with Gasteiger partial charge < -0.3 is 15.5 Å². The molecule has 0 bridgehead atoms. The highest BCUT2D eigenvalue weighted by atomic mass is 32.1. The Morgan fingerprint density at radius 3 is 2.60 bits per heavy atom. The molecule has 0 fully saturated rings. The van der Waals surface area contributed by atoms with Crippen LogP contribution >= 0.6 is 11.3 Å². The fraction of sp³-hybridized carbons (Fsp3) is 0.474. The van der Waals surface area contributed by atoms with Crippen molar-refractivity contribution in [2.75, 3.05) is 38.1 Å². The van der Waals surface area contributed by atoms with E-state index in [1.165, 1.54) is 16.1 Å². The molecular weight excluding hydrogens is 330 g/mol. The van der Waals surface area contributed by atoms with Gasteiger partial charge in [0.15, 0.2) is 5.96 Å². The van der Waals surface area contributed by atoms with Crippen LogP contribution in [0.4, 0.5) is 5.69 Å². The van der Waals surface area contributed by atoms with E-state index in [1.807, 2.05) is 13.2 Å². The molecule has 25 heavy (non-hydrogen) atoms. The summed E-state index contributed by atoms with van der Waals surface area (Å²) in [6, 6.07) is 8.52. The lowest BCUT2D eigenvalue weighted by Gasteiger charge is -2.25. The number of rotatable bonds is 8. The van der Waals surface area contributed by atoms with E-state index in [2.05, 4.69) is 70.5 Å². The highest BCUT2D eigenvalue weighted by Crippen LogP contribution is 2.18. The summed E-state index contributed by atoms with van der Waals surface area (Å²) in [5.74, 6) is 0.842. The number of anilines is 1. The van der Waals surface area contributed by atoms with Crippen molar-refractivity contribution in [2.45, 2.75) is 27.2 Å². The summed E-state index contributed by atoms with van der Waals surface area (Å²) in [4.78, 5) is 12.3. The second kappa shape index (κ2) is 10.0. The Bertz CT molecular complexity index is 680. The summed E-state index contributed by atoms with van der Waals surface area (Å²) in [6.07, 6.45) is 2.85. The average Bonchev–Trinajstić information content (AvgIpc) is 3.03. The van der Waals surface area contributed by atoms with Crippen molar-refractivity contribution in [3.05, 3.63) is 45.9 Å². The van der Waals surface area contributed by atoms with Crippen LogP contribution in [0.3, 0.4) is 0 Å². The molecule has 1 heterocycles. The lowest BCUT2D eigenvalue weighted by atomic mass is 10.2. The lowest BCUT2D eigenvalue weighted by molar-refractivity contribution is 0.745. The summed E-state index contributed by atoms with van der Waals surface area (Å²) in [6.45, 7) is 10.0. The van der Waals surface area contributed by atoms with Gasteiger partial charge in [0.1, 0.15) is 0 Å². The molecule has 2 N–H and O–H groups in total. The Kier molecular flexibility index (Phi) is 7.73. The average molecular weight is 360 g/mol. The minimum Gasteiger partial charge on any atom is -0.370 e. The molecule has 0 radical (unpaired) electrons. The second-order valence-corrected chi connectivity index (χ2v) is 7.23. The summed E-state index contributed by atoms with van der Waals surface area (Å²) in [5.41, 5.74) is 2.61. The smallest absolute Gasteiger partial charge is 0.191 e. The van der Waals surface area contributed by atoms with Crippen LogP contribution in [0.2, 0.25) is 0 Å². The fourth-order valence-corrected chi connectivity index (χ4v) is 3.49. The second-order valence-electron chi connectivity index (χ2n) is 5.91. The van der Waals surface area contributed by atoms with Gasteiger partial charge in [-0.3, -0.25) is 4.99 Å². The number of hydrogen-bond acceptors (Lipinski definition) is 4. The van der Waals surface area contributed by atoms with Gasteiger partial charge in [-0.15, -0.1) is 11.3 Å². The van der Waals surface area contributed by atoms with Crippen LogP contribution in [0, 0.1) is 13.8 Å². The number of para-hydroxylation sites is 1. The molecule has 0 saturated carbocycles. The van der Waals surface area contributed by atoms with Crippen LogP contribution in [0.25, 0.3) is 0 Å². The summed E-state index contributed by atoms with van der Waals surface area (Å²) >= 11 is 1.75. The molecule has 0 atom stereocenters. The zero-order chi connectivity index (χ0) is 18.1. The Hall–Kier alpha value is -2.08. The van der Waals surface area contributed by atoms with E-state index in [-0.39, 0.29) is 0 Å². The van der Waals surface area contributed by atoms with Gasteiger partial charge in [0.2, 0.25) is 0 Å². The van der Waals surface area contributed by atoms with Gasteiger partial charge in [0.25, 0.3) is 0 Å². The number of hydrogen-bond donors (Lipinski definition) is 2. The van der Waals surface area contributed by atoms with Crippen LogP contribution in [-0.2, 0) is 6.42 Å². The number of aromatic nitrogens is 1. The Morgan fingerprint density at radius 2 is 1.96 bits per heavy atom. The first-order valence-electron chi connectivity index (χ1n) is 8.80. The molecule has 1 aromatic heterocycles. The van der Waals surface area contributed by atoms with Crippen molar-refractivity contribution in [1.82, 2.24) is 15.6 Å². The van der Waals surface area contributed by atoms with Gasteiger partial charge in [0.05, 0.1) is 5.01 Å². The third-order valence-electron chi connectivity index (χ3n) is 4.04. The molecule has 0 amide bonds. The van der Waals surface area contributed by atoms with Crippen LogP contribution in [0.5, 0.6) is 0 Å². The van der Waals surface area contributed by atoms with Crippen LogP contribution < -0.4 is 15.5 Å². The number of aliphatic imine (C=N–C) groups is 1. The van der Waals surface area contributed by atoms with E-state index < -0.39 is 0 Å². The molecule has 0 aliphatic heterocycles. The summed E-state index contributed by atoms with van der Waals surface area (Å²) in [5, 5.41) is 7.92. The predicted molar refractivity (Wildman–Crippen MR) is 109 cm³/mol. The molecule has 2 rings (SSSR count). The van der Waals surface area contributed by atoms with Crippen molar-refractivity contribution >= 4 is 23.0 Å². The first kappa shape index (κ1) is 19.2. The van der Waals surface area contributed by atoms with E-state index in [9.17, 15) is 0 Å². The highest BCUT2D eigenvalue weighted by Gasteiger charge is 2.07. The number of nitrogens with zero attached hydrogens (tertiary/aromatic N) is 3. The van der Waals surface area contributed by atoms with E-state index in [0.29, 0.717) is 0 Å². The molecule has 136 valence electrons. The number of guanidine groups is 1. The number of thiazole rings is 1. The molecule has 5 nitrogen and oxygen atoms in total. The summed E-state index contributed by atoms with van der Waals surface area (Å²) < 4.78 is 0. The fourth-order valence-electron chi connectivity index (χ4n) is 2.70. The van der Waals surface area contributed by atoms with Gasteiger partial charge in [-0.1, -0.05) is 18.2 Å². The molecule has 0 unspecified atom stereocenters. The molecule has 0 aliphatic carbocycles. The molecule has 0 saturated heterocycles. The molecule has 6 heteroatoms. The molecule has 0 spiro atoms. The maximum Gasteiger partial charge on any atom is 0.191 e. The Labute approximate surface area is 155 Å². The Balaban J connectivity index is 1.75. The van der Waals surface area contributed by atoms with Gasteiger partial charge in [-0.25, -0.2) is 4.98 Å². The standard InChI is InChI=1S/C19H29N5S/c1-5-24(17-9-7-6-8-15(17)2)13-12-22-19(20-4)21-11-10-18-23-14-16(3)25-18/h6-9,14H,5,10-13H2,1-4H3,(H2,20,21,22). The van der Waals surface area contributed by atoms with Crippen LogP contribution in [0.1, 0.15) is 22.4 Å². The third kappa shape index (κ3) is 6.05. The lowest BCUT2D eigenvalue weighted by Crippen LogP contribution is -2.42. The number of likely N-dealkylation sites (N-methyl/N-ethyl adjacent to an activating group) is 1. The van der Waals surface area contributed by atoms with E-state index >= 15 is 0 Å². The van der Waals surface area contributed by atoms with E-state index in [0.717, 1.165) is 43.6 Å². The van der Waals surface area contributed by atoms with E-state index in [4.69, 9.17) is 0 Å². The Morgan fingerprint density at radius 1 is 1.20 bits per heavy atom. The number of nitrogens with one attached hydrogen (secondary N) is 2. The first-order chi connectivity index (χ1) is 12.1. The summed E-state index contributed by atoms with van der Waals surface area (Å²) in [7, 11) is 1.81. The van der Waals surface area contributed by atoms with E-state index in [1.54, 1.807) is 11.3 Å². The maximum absolute atomic E-state index is 4.39. The van der Waals surface area contributed by atoms with Crippen LogP contribution in [-0.4, -0.2) is 44.2 Å². The monoisotopic (exact) mass is 359 g/mol. The largest absolute Gasteiger partial charge is 0.370 e. The minimum absolute atomic E-state index is 0.835. The zero-order valence-corrected chi connectivity index (χ0v) is 16.5. The normalized spacial score (nSPS) is 11.4. The van der Waals surface area contributed by atoms with Crippen molar-refractivity contribution < 1.29 is 0 Å². The van der Waals surface area contributed by atoms with Crippen molar-refractivity contribution in [1.29, 1.82) is 0 Å². The molecule has 1 aromatic carbocycles. The predicted octanol–water partition coefficient (Wildman–Crippen LogP) is 2.99. The van der Waals surface area contributed by atoms with Crippen molar-refractivity contribution in [3.8, 4) is 0 Å². The molecular formula is C19H29N5S. The number of benzene rings is 1. The topological polar surface area (TPSA) is 52.5 Å². The van der Waals surface area contributed by atoms with Crippen molar-refractivity contribution in [3.63, 3.8) is 0 Å². The first-order valence-corrected chi connectivity index (χ1v) is 9.62. The SMILES string of the molecule is CCN(CCNC(=NC)NCCc1ncc(C)s1)c1ccccc1C. The zero-order valence-electron chi connectivity index (χ0n) is 15.7. The molecule has 0 aliphatic rings. The number of aryl methyl sites for hydroxylation is 2. The van der Waals surface area contributed by atoms with Gasteiger partial charge in [-0.2, -0.15) is 0 Å². The van der Waals surface area contributed by atoms with Gasteiger partial charge in [-0.05, 0) is 32.4 Å². The maximum atomic E-state index is 4.39. The van der Waals surface area contributed by atoms with Gasteiger partial charge in [0, 0.05) is 56.4 Å². The van der Waals surface area contributed by atoms with Crippen LogP contribution in [0.15, 0.2) is 35.5 Å². The molecule has 2 aromatic rings. The highest BCUT2D eigenvalue weighted by molar-refractivity contribution is 7.11. The minimum atomic E-state index is 0.835. The third-order valence-corrected chi connectivity index (χ3v) is 5.01. The van der Waals surface area contributed by atoms with Gasteiger partial charge >= 0.3 is 0 Å².